The van der Waals surface area contributed by atoms with Gasteiger partial charge in [-0.15, -0.1) is 0 Å². The Kier molecular flexibility index (Phi) is 5.50. The Morgan fingerprint density at radius 3 is 2.18 bits per heavy atom. The van der Waals surface area contributed by atoms with Gasteiger partial charge in [-0.1, -0.05) is 15.9 Å². The van der Waals surface area contributed by atoms with Crippen LogP contribution >= 0.6 is 15.9 Å². The smallest absolute Gasteiger partial charge is 0.339 e. The summed E-state index contributed by atoms with van der Waals surface area (Å²) in [5.74, 6) is -0.0423. The molecule has 1 heterocycles. The Balaban J connectivity index is 2.18. The number of aromatic nitrogens is 1. The van der Waals surface area contributed by atoms with Crippen LogP contribution in [-0.4, -0.2) is 40.2 Å². The minimum atomic E-state index is -4.12. The number of rotatable bonds is 5. The quantitative estimate of drug-likeness (QED) is 0.515. The van der Waals surface area contributed by atoms with Crippen molar-refractivity contribution in [1.29, 1.82) is 0 Å². The number of halogens is 1. The summed E-state index contributed by atoms with van der Waals surface area (Å²) in [7, 11) is -5.03. The van der Waals surface area contributed by atoms with Crippen LogP contribution in [-0.2, 0) is 20.1 Å². The molecule has 3 rings (SSSR count). The van der Waals surface area contributed by atoms with Crippen molar-refractivity contribution in [2.24, 2.45) is 0 Å². The van der Waals surface area contributed by atoms with E-state index in [2.05, 4.69) is 20.9 Å². The van der Waals surface area contributed by atoms with E-state index in [1.54, 1.807) is 31.2 Å². The first-order valence-corrected chi connectivity index (χ1v) is 11.7. The summed E-state index contributed by atoms with van der Waals surface area (Å²) in [6.07, 6.45) is 0. The molecule has 0 N–H and O–H groups in total. The van der Waals surface area contributed by atoms with Crippen LogP contribution in [0.3, 0.4) is 0 Å². The third-order valence-electron chi connectivity index (χ3n) is 3.98. The van der Waals surface area contributed by atoms with Crippen molar-refractivity contribution in [3.05, 3.63) is 58.7 Å². The van der Waals surface area contributed by atoms with Gasteiger partial charge in [0.05, 0.1) is 4.90 Å². The summed E-state index contributed by atoms with van der Waals surface area (Å²) in [5, 5.41) is 0.280. The highest BCUT2D eigenvalue weighted by Gasteiger charge is 2.24. The number of hydrogen-bond donors (Lipinski definition) is 0. The average molecular weight is 485 g/mol. The van der Waals surface area contributed by atoms with E-state index in [4.69, 9.17) is 4.18 Å². The Hall–Kier alpha value is -2.01. The molecule has 0 saturated carbocycles. The maximum atomic E-state index is 12.6. The zero-order chi connectivity index (χ0) is 20.7. The first kappa shape index (κ1) is 20.7. The van der Waals surface area contributed by atoms with Crippen LogP contribution in [0.4, 0.5) is 0 Å². The third kappa shape index (κ3) is 3.90. The van der Waals surface area contributed by atoms with Gasteiger partial charge in [-0.05, 0) is 55.5 Å². The number of sulfonamides is 1. The van der Waals surface area contributed by atoms with E-state index in [1.165, 1.54) is 38.4 Å². The molecule has 10 heteroatoms. The van der Waals surface area contributed by atoms with Crippen LogP contribution in [0.1, 0.15) is 5.69 Å². The van der Waals surface area contributed by atoms with Crippen LogP contribution in [0.5, 0.6) is 5.75 Å². The maximum Gasteiger partial charge on any atom is 0.339 e. The fourth-order valence-corrected chi connectivity index (χ4v) is 4.80. The van der Waals surface area contributed by atoms with Gasteiger partial charge in [0.15, 0.2) is 5.75 Å². The summed E-state index contributed by atoms with van der Waals surface area (Å²) >= 11 is 3.25. The van der Waals surface area contributed by atoms with Crippen LogP contribution < -0.4 is 4.18 Å². The minimum Gasteiger partial charge on any atom is -0.377 e. The lowest BCUT2D eigenvalue weighted by Gasteiger charge is -2.15. The largest absolute Gasteiger partial charge is 0.377 e. The molecule has 1 aromatic heterocycles. The number of aryl methyl sites for hydroxylation is 1. The molecule has 3 aromatic rings. The van der Waals surface area contributed by atoms with Gasteiger partial charge >= 0.3 is 10.1 Å². The first-order chi connectivity index (χ1) is 13.0. The number of nitrogens with zero attached hydrogens (tertiary/aromatic N) is 2. The van der Waals surface area contributed by atoms with E-state index in [9.17, 15) is 16.8 Å². The molecule has 0 saturated heterocycles. The molecule has 0 atom stereocenters. The molecule has 0 radical (unpaired) electrons. The fourth-order valence-electron chi connectivity index (χ4n) is 2.52. The highest BCUT2D eigenvalue weighted by atomic mass is 79.9. The second-order valence-electron chi connectivity index (χ2n) is 6.19. The van der Waals surface area contributed by atoms with Gasteiger partial charge in [0.2, 0.25) is 10.0 Å². The van der Waals surface area contributed by atoms with Crippen molar-refractivity contribution >= 4 is 47.0 Å². The van der Waals surface area contributed by atoms with Crippen molar-refractivity contribution < 1.29 is 21.0 Å². The van der Waals surface area contributed by atoms with Gasteiger partial charge in [0.25, 0.3) is 0 Å². The summed E-state index contributed by atoms with van der Waals surface area (Å²) in [5.41, 5.74) is 0.751. The zero-order valence-electron chi connectivity index (χ0n) is 15.2. The molecule has 0 unspecified atom stereocenters. The molecule has 0 aliphatic rings. The van der Waals surface area contributed by atoms with Gasteiger partial charge in [0, 0.05) is 29.6 Å². The molecular formula is C18H17BrN2O5S2. The van der Waals surface area contributed by atoms with Gasteiger partial charge in [-0.3, -0.25) is 0 Å². The lowest BCUT2D eigenvalue weighted by atomic mass is 10.2. The molecule has 148 valence electrons. The van der Waals surface area contributed by atoms with E-state index >= 15 is 0 Å². The second-order valence-corrected chi connectivity index (χ2v) is 10.8. The molecular weight excluding hydrogens is 468 g/mol. The second kappa shape index (κ2) is 7.43. The van der Waals surface area contributed by atoms with Crippen LogP contribution in [0.2, 0.25) is 0 Å². The minimum absolute atomic E-state index is 0.0217. The number of hydrogen-bond acceptors (Lipinski definition) is 6. The van der Waals surface area contributed by atoms with Gasteiger partial charge in [-0.2, -0.15) is 8.42 Å². The molecule has 0 amide bonds. The van der Waals surface area contributed by atoms with Crippen molar-refractivity contribution in [2.45, 2.75) is 16.7 Å². The number of pyridine rings is 1. The number of fused-ring (bicyclic) bond motifs is 1. The van der Waals surface area contributed by atoms with E-state index in [0.717, 1.165) is 8.78 Å². The van der Waals surface area contributed by atoms with Gasteiger partial charge in [0.1, 0.15) is 10.4 Å². The zero-order valence-corrected chi connectivity index (χ0v) is 18.5. The summed E-state index contributed by atoms with van der Waals surface area (Å²) in [4.78, 5) is 4.32. The normalized spacial score (nSPS) is 12.5. The Morgan fingerprint density at radius 1 is 0.929 bits per heavy atom. The molecule has 0 fully saturated rings. The maximum absolute atomic E-state index is 12.6. The number of benzene rings is 2. The monoisotopic (exact) mass is 484 g/mol. The van der Waals surface area contributed by atoms with Crippen molar-refractivity contribution in [1.82, 2.24) is 9.29 Å². The lowest BCUT2D eigenvalue weighted by molar-refractivity contribution is 0.488. The lowest BCUT2D eigenvalue weighted by Crippen LogP contribution is -2.22. The molecule has 0 aliphatic heterocycles. The topological polar surface area (TPSA) is 93.6 Å². The van der Waals surface area contributed by atoms with Crippen LogP contribution in [0.15, 0.2) is 62.8 Å². The van der Waals surface area contributed by atoms with Gasteiger partial charge < -0.3 is 4.18 Å². The third-order valence-corrected chi connectivity index (χ3v) is 7.63. The standard InChI is InChI=1S/C18H17BrN2O5S2/c1-12-4-9-15-17(27(22,23)21(2)3)11-10-16(18(15)20-12)26-28(24,25)14-7-5-13(19)6-8-14/h4-11H,1-3H3. The predicted octanol–water partition coefficient (Wildman–Crippen LogP) is 3.32. The van der Waals surface area contributed by atoms with E-state index < -0.39 is 20.1 Å². The van der Waals surface area contributed by atoms with Gasteiger partial charge in [-0.25, -0.2) is 17.7 Å². The van der Waals surface area contributed by atoms with Crippen LogP contribution in [0.25, 0.3) is 10.9 Å². The Bertz CT molecular complexity index is 1260. The van der Waals surface area contributed by atoms with Crippen LogP contribution in [0, 0.1) is 6.92 Å². The molecule has 0 bridgehead atoms. The van der Waals surface area contributed by atoms with Crippen molar-refractivity contribution in [3.8, 4) is 5.75 Å². The predicted molar refractivity (Wildman–Crippen MR) is 109 cm³/mol. The summed E-state index contributed by atoms with van der Waals surface area (Å²) < 4.78 is 57.6. The molecule has 28 heavy (non-hydrogen) atoms. The Morgan fingerprint density at radius 2 is 1.57 bits per heavy atom. The average Bonchev–Trinajstić information content (AvgIpc) is 2.62. The highest BCUT2D eigenvalue weighted by Crippen LogP contribution is 2.33. The molecule has 7 nitrogen and oxygen atoms in total. The van der Waals surface area contributed by atoms with Crippen molar-refractivity contribution in [2.75, 3.05) is 14.1 Å². The first-order valence-electron chi connectivity index (χ1n) is 8.05. The van der Waals surface area contributed by atoms with E-state index in [1.807, 2.05) is 0 Å². The summed E-state index contributed by atoms with van der Waals surface area (Å²) in [6.45, 7) is 1.72. The highest BCUT2D eigenvalue weighted by molar-refractivity contribution is 9.10. The molecule has 0 spiro atoms. The van der Waals surface area contributed by atoms with E-state index in [-0.39, 0.29) is 26.4 Å². The van der Waals surface area contributed by atoms with Crippen molar-refractivity contribution in [3.63, 3.8) is 0 Å². The Labute approximate surface area is 172 Å². The molecule has 2 aromatic carbocycles. The van der Waals surface area contributed by atoms with E-state index in [0.29, 0.717) is 5.69 Å². The summed E-state index contributed by atoms with van der Waals surface area (Å²) in [6, 6.07) is 11.9. The fraction of sp³-hybridized carbons (Fsp3) is 0.167. The molecule has 0 aliphatic carbocycles. The SMILES string of the molecule is Cc1ccc2c(S(=O)(=O)N(C)C)ccc(OS(=O)(=O)c3ccc(Br)cc3)c2n1.